The normalized spacial score (nSPS) is 35.8. The quantitative estimate of drug-likeness (QED) is 0.840. The van der Waals surface area contributed by atoms with Crippen LogP contribution in [0.15, 0.2) is 0 Å². The van der Waals surface area contributed by atoms with Crippen molar-refractivity contribution in [2.75, 3.05) is 13.2 Å². The summed E-state index contributed by atoms with van der Waals surface area (Å²) in [6.07, 6.45) is 10.8. The highest BCUT2D eigenvalue weighted by Crippen LogP contribution is 2.35. The van der Waals surface area contributed by atoms with Gasteiger partial charge in [0.1, 0.15) is 0 Å². The molecule has 3 rings (SSSR count). The van der Waals surface area contributed by atoms with E-state index in [9.17, 15) is 4.79 Å². The average Bonchev–Trinajstić information content (AvgIpc) is 2.96. The minimum absolute atomic E-state index is 0.0761. The number of amides is 1. The zero-order chi connectivity index (χ0) is 14.7. The third-order valence-corrected chi connectivity index (χ3v) is 5.74. The molecular weight excluding hydrogens is 264 g/mol. The second-order valence-corrected chi connectivity index (χ2v) is 7.18. The lowest BCUT2D eigenvalue weighted by Crippen LogP contribution is -2.57. The van der Waals surface area contributed by atoms with Crippen LogP contribution in [0.3, 0.4) is 0 Å². The van der Waals surface area contributed by atoms with Gasteiger partial charge < -0.3 is 15.4 Å². The predicted molar refractivity (Wildman–Crippen MR) is 83.1 cm³/mol. The Morgan fingerprint density at radius 3 is 2.86 bits per heavy atom. The van der Waals surface area contributed by atoms with Crippen LogP contribution in [0, 0.1) is 5.92 Å². The van der Waals surface area contributed by atoms with Crippen molar-refractivity contribution in [3.63, 3.8) is 0 Å². The number of nitrogens with one attached hydrogen (secondary N) is 2. The summed E-state index contributed by atoms with van der Waals surface area (Å²) in [5, 5.41) is 7.09. The SMILES string of the molecule is CCC1OCCC1C(=O)NC1CCNC2(CCCCC2)C1. The van der Waals surface area contributed by atoms with E-state index in [0.29, 0.717) is 11.6 Å². The highest BCUT2D eigenvalue weighted by Gasteiger charge is 2.39. The second-order valence-electron chi connectivity index (χ2n) is 7.18. The van der Waals surface area contributed by atoms with Crippen LogP contribution in [-0.4, -0.2) is 36.7 Å². The number of rotatable bonds is 3. The lowest BCUT2D eigenvalue weighted by atomic mass is 9.75. The molecule has 120 valence electrons. The molecule has 1 saturated carbocycles. The highest BCUT2D eigenvalue weighted by atomic mass is 16.5. The minimum Gasteiger partial charge on any atom is -0.377 e. The zero-order valence-electron chi connectivity index (χ0n) is 13.3. The monoisotopic (exact) mass is 294 g/mol. The lowest BCUT2D eigenvalue weighted by molar-refractivity contribution is -0.127. The van der Waals surface area contributed by atoms with Crippen molar-refractivity contribution >= 4 is 5.91 Å². The summed E-state index contributed by atoms with van der Waals surface area (Å²) in [6, 6.07) is 0.356. The Hall–Kier alpha value is -0.610. The molecule has 1 aliphatic carbocycles. The summed E-state index contributed by atoms with van der Waals surface area (Å²) in [7, 11) is 0. The molecule has 4 nitrogen and oxygen atoms in total. The molecule has 21 heavy (non-hydrogen) atoms. The first-order valence-electron chi connectivity index (χ1n) is 8.89. The van der Waals surface area contributed by atoms with Crippen LogP contribution in [0.25, 0.3) is 0 Å². The van der Waals surface area contributed by atoms with E-state index in [1.165, 1.54) is 32.1 Å². The van der Waals surface area contributed by atoms with E-state index in [0.717, 1.165) is 38.8 Å². The Labute approximate surface area is 128 Å². The fraction of sp³-hybridized carbons (Fsp3) is 0.941. The van der Waals surface area contributed by atoms with Gasteiger partial charge in [-0.1, -0.05) is 26.2 Å². The fourth-order valence-corrected chi connectivity index (χ4v) is 4.55. The fourth-order valence-electron chi connectivity index (χ4n) is 4.55. The van der Waals surface area contributed by atoms with Crippen LogP contribution in [0.4, 0.5) is 0 Å². The molecular formula is C17H30N2O2. The van der Waals surface area contributed by atoms with Crippen molar-refractivity contribution < 1.29 is 9.53 Å². The molecule has 2 N–H and O–H groups in total. The topological polar surface area (TPSA) is 50.4 Å². The van der Waals surface area contributed by atoms with Crippen molar-refractivity contribution in [3.8, 4) is 0 Å². The van der Waals surface area contributed by atoms with Crippen LogP contribution in [-0.2, 0) is 9.53 Å². The average molecular weight is 294 g/mol. The molecule has 0 aromatic rings. The summed E-state index contributed by atoms with van der Waals surface area (Å²) < 4.78 is 5.66. The maximum Gasteiger partial charge on any atom is 0.226 e. The maximum atomic E-state index is 12.5. The Morgan fingerprint density at radius 2 is 2.10 bits per heavy atom. The summed E-state index contributed by atoms with van der Waals surface area (Å²) in [5.74, 6) is 0.310. The number of hydrogen-bond donors (Lipinski definition) is 2. The van der Waals surface area contributed by atoms with Crippen molar-refractivity contribution in [1.82, 2.24) is 10.6 Å². The Balaban J connectivity index is 1.55. The van der Waals surface area contributed by atoms with Gasteiger partial charge in [0, 0.05) is 18.2 Å². The third kappa shape index (κ3) is 3.42. The third-order valence-electron chi connectivity index (χ3n) is 5.74. The Kier molecular flexibility index (Phi) is 4.85. The largest absolute Gasteiger partial charge is 0.377 e. The molecule has 3 unspecified atom stereocenters. The van der Waals surface area contributed by atoms with Crippen LogP contribution in [0.5, 0.6) is 0 Å². The van der Waals surface area contributed by atoms with Gasteiger partial charge >= 0.3 is 0 Å². The van der Waals surface area contributed by atoms with Crippen LogP contribution in [0.2, 0.25) is 0 Å². The van der Waals surface area contributed by atoms with Crippen LogP contribution >= 0.6 is 0 Å². The van der Waals surface area contributed by atoms with E-state index < -0.39 is 0 Å². The van der Waals surface area contributed by atoms with E-state index in [2.05, 4.69) is 17.6 Å². The summed E-state index contributed by atoms with van der Waals surface area (Å²) >= 11 is 0. The molecule has 2 heterocycles. The van der Waals surface area contributed by atoms with E-state index in [1.54, 1.807) is 0 Å². The van der Waals surface area contributed by atoms with E-state index in [1.807, 2.05) is 0 Å². The van der Waals surface area contributed by atoms with Gasteiger partial charge in [-0.25, -0.2) is 0 Å². The first-order valence-corrected chi connectivity index (χ1v) is 8.89. The van der Waals surface area contributed by atoms with Gasteiger partial charge in [0.2, 0.25) is 5.91 Å². The molecule has 0 aromatic heterocycles. The van der Waals surface area contributed by atoms with E-state index in [4.69, 9.17) is 4.74 Å². The van der Waals surface area contributed by atoms with Crippen molar-refractivity contribution in [2.45, 2.75) is 82.4 Å². The smallest absolute Gasteiger partial charge is 0.226 e. The van der Waals surface area contributed by atoms with Gasteiger partial charge in [-0.05, 0) is 45.1 Å². The van der Waals surface area contributed by atoms with Gasteiger partial charge in [0.15, 0.2) is 0 Å². The number of piperidine rings is 1. The second kappa shape index (κ2) is 6.66. The number of hydrogen-bond acceptors (Lipinski definition) is 3. The van der Waals surface area contributed by atoms with Gasteiger partial charge in [0.05, 0.1) is 12.0 Å². The predicted octanol–water partition coefficient (Wildman–Crippen LogP) is 2.37. The molecule has 1 amide bonds. The summed E-state index contributed by atoms with van der Waals surface area (Å²) in [5.41, 5.74) is 0.310. The molecule has 0 bridgehead atoms. The van der Waals surface area contributed by atoms with Crippen molar-refractivity contribution in [2.24, 2.45) is 5.92 Å². The number of carbonyl (C=O) groups excluding carboxylic acids is 1. The standard InChI is InChI=1S/C17H30N2O2/c1-2-15-14(7-11-21-15)16(20)19-13-6-10-18-17(12-13)8-4-3-5-9-17/h13-15,18H,2-12H2,1H3,(H,19,20). The Bertz CT molecular complexity index is 360. The molecule has 0 radical (unpaired) electrons. The number of ether oxygens (including phenoxy) is 1. The minimum atomic E-state index is 0.0761. The maximum absolute atomic E-state index is 12.5. The van der Waals surface area contributed by atoms with Crippen molar-refractivity contribution in [1.29, 1.82) is 0 Å². The lowest BCUT2D eigenvalue weighted by Gasteiger charge is -2.45. The van der Waals surface area contributed by atoms with Gasteiger partial charge in [-0.3, -0.25) is 4.79 Å². The molecule has 3 fully saturated rings. The highest BCUT2D eigenvalue weighted by molar-refractivity contribution is 5.79. The molecule has 2 aliphatic heterocycles. The van der Waals surface area contributed by atoms with Crippen molar-refractivity contribution in [3.05, 3.63) is 0 Å². The van der Waals surface area contributed by atoms with Crippen LogP contribution in [0.1, 0.15) is 64.7 Å². The Morgan fingerprint density at radius 1 is 1.29 bits per heavy atom. The van der Waals surface area contributed by atoms with Gasteiger partial charge in [-0.2, -0.15) is 0 Å². The molecule has 4 heteroatoms. The first kappa shape index (κ1) is 15.3. The first-order chi connectivity index (χ1) is 10.2. The molecule has 0 aromatic carbocycles. The van der Waals surface area contributed by atoms with E-state index >= 15 is 0 Å². The summed E-state index contributed by atoms with van der Waals surface area (Å²) in [6.45, 7) is 3.90. The summed E-state index contributed by atoms with van der Waals surface area (Å²) in [4.78, 5) is 12.5. The number of carbonyl (C=O) groups is 1. The molecule has 1 spiro atoms. The zero-order valence-corrected chi connectivity index (χ0v) is 13.3. The molecule has 3 atom stereocenters. The van der Waals surface area contributed by atoms with E-state index in [-0.39, 0.29) is 17.9 Å². The van der Waals surface area contributed by atoms with Gasteiger partial charge in [-0.15, -0.1) is 0 Å². The van der Waals surface area contributed by atoms with Crippen LogP contribution < -0.4 is 10.6 Å². The molecule has 3 aliphatic rings. The molecule has 2 saturated heterocycles. The van der Waals surface area contributed by atoms with Gasteiger partial charge in [0.25, 0.3) is 0 Å².